The molecule has 0 aliphatic heterocycles. The van der Waals surface area contributed by atoms with Crippen LogP contribution in [0, 0.1) is 30.1 Å². The highest BCUT2D eigenvalue weighted by molar-refractivity contribution is 6.30. The van der Waals surface area contributed by atoms with E-state index in [0.29, 0.717) is 41.7 Å². The molecule has 1 aromatic carbocycles. The summed E-state index contributed by atoms with van der Waals surface area (Å²) >= 11 is 6.27. The van der Waals surface area contributed by atoms with Gasteiger partial charge in [0.25, 0.3) is 0 Å². The summed E-state index contributed by atoms with van der Waals surface area (Å²) in [5.74, 6) is 3.14. The van der Waals surface area contributed by atoms with E-state index in [0.717, 1.165) is 55.7 Å². The van der Waals surface area contributed by atoms with Crippen molar-refractivity contribution in [2.75, 3.05) is 5.32 Å². The number of benzene rings is 1. The highest BCUT2D eigenvalue weighted by Gasteiger charge is 2.57. The number of nitrogens with zero attached hydrogens (tertiary/aromatic N) is 2. The third kappa shape index (κ3) is 4.07. The number of rotatable bonds is 5. The van der Waals surface area contributed by atoms with E-state index in [4.69, 9.17) is 16.1 Å². The number of hydrogen-bond acceptors (Lipinski definition) is 5. The summed E-state index contributed by atoms with van der Waals surface area (Å²) in [4.78, 5) is 12.4. The summed E-state index contributed by atoms with van der Waals surface area (Å²) in [5, 5.41) is 21.1. The van der Waals surface area contributed by atoms with E-state index >= 15 is 0 Å². The van der Waals surface area contributed by atoms with Gasteiger partial charge in [-0.05, 0) is 98.8 Å². The lowest BCUT2D eigenvalue weighted by atomic mass is 9.54. The second-order valence-electron chi connectivity index (χ2n) is 10.4. The van der Waals surface area contributed by atoms with Crippen LogP contribution in [0.4, 0.5) is 5.82 Å². The molecule has 0 saturated heterocycles. The molecule has 2 N–H and O–H groups in total. The van der Waals surface area contributed by atoms with Crippen molar-refractivity contribution in [2.45, 2.75) is 71.1 Å². The summed E-state index contributed by atoms with van der Waals surface area (Å²) < 4.78 is 5.02. The number of carbonyl (C=O) groups excluding carboxylic acids is 1. The molecule has 33 heavy (non-hydrogen) atoms. The van der Waals surface area contributed by atoms with E-state index in [1.54, 1.807) is 13.0 Å². The first kappa shape index (κ1) is 22.5. The number of hydrogen-bond donors (Lipinski definition) is 2. The van der Waals surface area contributed by atoms with E-state index < -0.39 is 0 Å². The summed E-state index contributed by atoms with van der Waals surface area (Å²) in [5.41, 5.74) is 3.77. The molecule has 1 amide bonds. The average Bonchev–Trinajstić information content (AvgIpc) is 3.32. The molecule has 6 nitrogen and oxygen atoms in total. The van der Waals surface area contributed by atoms with Crippen molar-refractivity contribution in [3.05, 3.63) is 46.2 Å². The Morgan fingerprint density at radius 1 is 1.36 bits per heavy atom. The lowest BCUT2D eigenvalue weighted by molar-refractivity contribution is -0.116. The van der Waals surface area contributed by atoms with Gasteiger partial charge < -0.3 is 15.0 Å². The van der Waals surface area contributed by atoms with Gasteiger partial charge in [-0.3, -0.25) is 4.79 Å². The quantitative estimate of drug-likeness (QED) is 0.394. The molecule has 3 aliphatic rings. The fourth-order valence-electron chi connectivity index (χ4n) is 7.21. The number of halogens is 1. The Morgan fingerprint density at radius 2 is 2.21 bits per heavy atom. The van der Waals surface area contributed by atoms with Gasteiger partial charge in [0, 0.05) is 22.9 Å². The molecule has 7 heteroatoms. The number of oxime groups is 1. The topological polar surface area (TPSA) is 87.7 Å². The molecule has 0 spiro atoms. The maximum Gasteiger partial charge on any atom is 0.225 e. The minimum absolute atomic E-state index is 0.0369. The minimum Gasteiger partial charge on any atom is -0.411 e. The Hall–Kier alpha value is -2.34. The number of anilines is 1. The van der Waals surface area contributed by atoms with Crippen LogP contribution in [0.25, 0.3) is 0 Å². The molecule has 1 aromatic heterocycles. The van der Waals surface area contributed by atoms with E-state index in [9.17, 15) is 10.0 Å². The Labute approximate surface area is 199 Å². The zero-order valence-electron chi connectivity index (χ0n) is 19.3. The maximum atomic E-state index is 12.4. The van der Waals surface area contributed by atoms with E-state index in [-0.39, 0.29) is 11.3 Å². The van der Waals surface area contributed by atoms with Crippen LogP contribution in [-0.4, -0.2) is 22.0 Å². The van der Waals surface area contributed by atoms with Crippen LogP contribution >= 0.6 is 11.6 Å². The first-order valence-electron chi connectivity index (χ1n) is 12.1. The molecule has 2 fully saturated rings. The lowest BCUT2D eigenvalue weighted by Crippen LogP contribution is -2.44. The fourth-order valence-corrected chi connectivity index (χ4v) is 7.40. The standard InChI is InChI=1S/C26H32ClN3O3/c1-15-12-23(30-33-15)28-24(31)5-3-4-17-14-22(29-32)26(2)11-10-20-19-9-7-18(27)13-16(19)6-8-21(20)25(17)26/h7,9,12-13,17,20-21,25,32H,3-6,8,10-11,14H2,1-2H3,(H,28,30,31)/b29-22+/t17-,20?,21?,25?,26-/m1/s1. The van der Waals surface area contributed by atoms with Gasteiger partial charge in [-0.15, -0.1) is 0 Å². The van der Waals surface area contributed by atoms with Crippen LogP contribution in [0.15, 0.2) is 33.9 Å². The molecule has 176 valence electrons. The van der Waals surface area contributed by atoms with Crippen molar-refractivity contribution < 1.29 is 14.5 Å². The van der Waals surface area contributed by atoms with Crippen molar-refractivity contribution in [3.63, 3.8) is 0 Å². The number of nitrogens with one attached hydrogen (secondary N) is 1. The normalized spacial score (nSPS) is 31.7. The SMILES string of the molecule is Cc1cc(NC(=O)CCC[C@@H]2C/C(=N\O)[C@@]3(C)CCC4c5ccc(Cl)cc5CCC4C23)no1. The number of amides is 1. The van der Waals surface area contributed by atoms with Gasteiger partial charge in [-0.25, -0.2) is 0 Å². The Morgan fingerprint density at radius 3 is 2.97 bits per heavy atom. The third-order valence-electron chi connectivity index (χ3n) is 8.56. The zero-order valence-corrected chi connectivity index (χ0v) is 20.1. The third-order valence-corrected chi connectivity index (χ3v) is 8.79. The molecule has 1 heterocycles. The molecule has 5 atom stereocenters. The zero-order chi connectivity index (χ0) is 23.2. The smallest absolute Gasteiger partial charge is 0.225 e. The fraction of sp³-hybridized carbons (Fsp3) is 0.577. The van der Waals surface area contributed by atoms with Gasteiger partial charge in [0.15, 0.2) is 5.82 Å². The summed E-state index contributed by atoms with van der Waals surface area (Å²) in [7, 11) is 0. The van der Waals surface area contributed by atoms with Crippen molar-refractivity contribution in [3.8, 4) is 0 Å². The molecule has 2 aromatic rings. The van der Waals surface area contributed by atoms with Gasteiger partial charge >= 0.3 is 0 Å². The van der Waals surface area contributed by atoms with Gasteiger partial charge in [0.2, 0.25) is 5.91 Å². The highest BCUT2D eigenvalue weighted by Crippen LogP contribution is 2.62. The van der Waals surface area contributed by atoms with Crippen molar-refractivity contribution in [1.29, 1.82) is 0 Å². The monoisotopic (exact) mass is 469 g/mol. The van der Waals surface area contributed by atoms with E-state index in [1.807, 2.05) is 6.07 Å². The van der Waals surface area contributed by atoms with Gasteiger partial charge in [0.05, 0.1) is 5.71 Å². The molecular formula is C26H32ClN3O3. The van der Waals surface area contributed by atoms with Crippen LogP contribution in [0.1, 0.15) is 74.7 Å². The van der Waals surface area contributed by atoms with Crippen molar-refractivity contribution >= 4 is 29.0 Å². The number of carbonyl (C=O) groups is 1. The average molecular weight is 470 g/mol. The Kier molecular flexibility index (Phi) is 5.98. The van der Waals surface area contributed by atoms with Crippen LogP contribution in [0.2, 0.25) is 5.02 Å². The first-order chi connectivity index (χ1) is 15.9. The summed E-state index contributed by atoms with van der Waals surface area (Å²) in [6.07, 6.45) is 7.43. The largest absolute Gasteiger partial charge is 0.411 e. The number of aromatic nitrogens is 1. The van der Waals surface area contributed by atoms with Crippen LogP contribution in [0.5, 0.6) is 0 Å². The first-order valence-corrected chi connectivity index (χ1v) is 12.5. The second-order valence-corrected chi connectivity index (χ2v) is 10.8. The van der Waals surface area contributed by atoms with Gasteiger partial charge in [-0.1, -0.05) is 34.9 Å². The van der Waals surface area contributed by atoms with E-state index in [2.05, 4.69) is 34.7 Å². The minimum atomic E-state index is -0.0506. The molecule has 0 bridgehead atoms. The maximum absolute atomic E-state index is 12.4. The summed E-state index contributed by atoms with van der Waals surface area (Å²) in [6, 6.07) is 8.12. The van der Waals surface area contributed by atoms with Crippen LogP contribution in [-0.2, 0) is 11.2 Å². The summed E-state index contributed by atoms with van der Waals surface area (Å²) in [6.45, 7) is 4.11. The van der Waals surface area contributed by atoms with Crippen LogP contribution < -0.4 is 5.32 Å². The predicted molar refractivity (Wildman–Crippen MR) is 128 cm³/mol. The molecule has 2 saturated carbocycles. The van der Waals surface area contributed by atoms with E-state index in [1.165, 1.54) is 11.1 Å². The molecule has 3 aliphatic carbocycles. The van der Waals surface area contributed by atoms with Crippen molar-refractivity contribution in [1.82, 2.24) is 5.16 Å². The van der Waals surface area contributed by atoms with Gasteiger partial charge in [-0.2, -0.15) is 0 Å². The molecular weight excluding hydrogens is 438 g/mol. The molecule has 0 radical (unpaired) electrons. The molecule has 3 unspecified atom stereocenters. The van der Waals surface area contributed by atoms with Gasteiger partial charge in [0.1, 0.15) is 5.76 Å². The molecule has 5 rings (SSSR count). The highest BCUT2D eigenvalue weighted by atomic mass is 35.5. The Bertz CT molecular complexity index is 1080. The second kappa shape index (κ2) is 8.79. The number of aryl methyl sites for hydroxylation is 2. The predicted octanol–water partition coefficient (Wildman–Crippen LogP) is 6.36. The van der Waals surface area contributed by atoms with Crippen molar-refractivity contribution in [2.24, 2.45) is 28.3 Å². The lowest BCUT2D eigenvalue weighted by Gasteiger charge is -2.50. The Balaban J connectivity index is 1.30. The van der Waals surface area contributed by atoms with Crippen LogP contribution in [0.3, 0.4) is 0 Å². The number of fused-ring (bicyclic) bond motifs is 5.